The molecule has 108 valence electrons. The largest absolute Gasteiger partial charge is 0.480 e. The van der Waals surface area contributed by atoms with Gasteiger partial charge in [0.25, 0.3) is 0 Å². The van der Waals surface area contributed by atoms with E-state index in [-0.39, 0.29) is 12.2 Å². The fourth-order valence-corrected chi connectivity index (χ4v) is 0.701. The van der Waals surface area contributed by atoms with Gasteiger partial charge in [-0.2, -0.15) is 0 Å². The standard InChI is InChI=1S/C5H11NO2.C5H10O5/c1-3(2)4(6)5(7)8;6-1-3(8)5(10)4(9)2-7/h3-4H,6H2,1-2H3,(H,7,8);1,3-5,7-10H,2H2/t4-;3-,4+,5-/m00/s1. The molecule has 0 aliphatic carbocycles. The van der Waals surface area contributed by atoms with Crippen LogP contribution < -0.4 is 5.73 Å². The van der Waals surface area contributed by atoms with Crippen LogP contribution in [0.25, 0.3) is 0 Å². The zero-order valence-corrected chi connectivity index (χ0v) is 10.3. The number of aliphatic hydroxyl groups excluding tert-OH is 4. The molecule has 8 heteroatoms. The number of carboxylic acids is 1. The van der Waals surface area contributed by atoms with E-state index in [0.717, 1.165) is 0 Å². The van der Waals surface area contributed by atoms with Crippen LogP contribution in [0.5, 0.6) is 0 Å². The average Bonchev–Trinajstić information content (AvgIpc) is 2.35. The summed E-state index contributed by atoms with van der Waals surface area (Å²) >= 11 is 0. The van der Waals surface area contributed by atoms with Gasteiger partial charge in [-0.15, -0.1) is 0 Å². The second-order valence-electron chi connectivity index (χ2n) is 3.98. The highest BCUT2D eigenvalue weighted by molar-refractivity contribution is 5.73. The molecule has 0 saturated heterocycles. The molecule has 0 aliphatic rings. The van der Waals surface area contributed by atoms with E-state index in [4.69, 9.17) is 31.3 Å². The molecule has 0 aromatic carbocycles. The lowest BCUT2D eigenvalue weighted by molar-refractivity contribution is -0.139. The van der Waals surface area contributed by atoms with Crippen molar-refractivity contribution in [3.8, 4) is 0 Å². The van der Waals surface area contributed by atoms with Crippen LogP contribution in [0.3, 0.4) is 0 Å². The molecule has 0 bridgehead atoms. The number of aldehydes is 1. The first-order valence-electron chi connectivity index (χ1n) is 5.27. The summed E-state index contributed by atoms with van der Waals surface area (Å²) in [5.41, 5.74) is 5.16. The maximum absolute atomic E-state index is 10.0. The van der Waals surface area contributed by atoms with Crippen LogP contribution in [0.1, 0.15) is 13.8 Å². The van der Waals surface area contributed by atoms with E-state index in [1.807, 2.05) is 0 Å². The van der Waals surface area contributed by atoms with E-state index >= 15 is 0 Å². The smallest absolute Gasteiger partial charge is 0.320 e. The van der Waals surface area contributed by atoms with Gasteiger partial charge in [-0.05, 0) is 5.92 Å². The summed E-state index contributed by atoms with van der Waals surface area (Å²) in [6.45, 7) is 2.86. The lowest BCUT2D eigenvalue weighted by Crippen LogP contribution is -2.40. The number of rotatable bonds is 6. The maximum atomic E-state index is 10.0. The Kier molecular flexibility index (Phi) is 10.6. The number of carboxylic acid groups (broad SMARTS) is 1. The number of nitrogens with two attached hydrogens (primary N) is 1. The fraction of sp³-hybridized carbons (Fsp3) is 0.800. The zero-order valence-electron chi connectivity index (χ0n) is 10.3. The molecule has 0 heterocycles. The Balaban J connectivity index is 0. The lowest BCUT2D eigenvalue weighted by atomic mass is 10.1. The van der Waals surface area contributed by atoms with Gasteiger partial charge in [0.05, 0.1) is 6.61 Å². The van der Waals surface area contributed by atoms with Crippen LogP contribution >= 0.6 is 0 Å². The van der Waals surface area contributed by atoms with Crippen LogP contribution in [-0.4, -0.2) is 68.7 Å². The second-order valence-corrected chi connectivity index (χ2v) is 3.98. The Morgan fingerprint density at radius 3 is 1.89 bits per heavy atom. The summed E-state index contributed by atoms with van der Waals surface area (Å²) < 4.78 is 0. The Labute approximate surface area is 105 Å². The Bertz CT molecular complexity index is 246. The first kappa shape index (κ1) is 19.3. The van der Waals surface area contributed by atoms with E-state index in [0.29, 0.717) is 0 Å². The monoisotopic (exact) mass is 267 g/mol. The number of carbonyl (C=O) groups is 2. The van der Waals surface area contributed by atoms with Crippen molar-refractivity contribution in [3.05, 3.63) is 0 Å². The van der Waals surface area contributed by atoms with Gasteiger partial charge >= 0.3 is 5.97 Å². The van der Waals surface area contributed by atoms with E-state index in [9.17, 15) is 9.59 Å². The summed E-state index contributed by atoms with van der Waals surface area (Å²) in [4.78, 5) is 19.8. The molecule has 0 rings (SSSR count). The van der Waals surface area contributed by atoms with Crippen LogP contribution in [-0.2, 0) is 9.59 Å². The molecule has 0 saturated carbocycles. The normalized spacial score (nSPS) is 17.1. The van der Waals surface area contributed by atoms with Crippen LogP contribution in [0.2, 0.25) is 0 Å². The highest BCUT2D eigenvalue weighted by Crippen LogP contribution is 1.96. The zero-order chi connectivity index (χ0) is 14.9. The van der Waals surface area contributed by atoms with E-state index in [1.54, 1.807) is 13.8 Å². The molecule has 4 atom stereocenters. The maximum Gasteiger partial charge on any atom is 0.320 e. The van der Waals surface area contributed by atoms with Crippen molar-refractivity contribution in [1.82, 2.24) is 0 Å². The number of carbonyl (C=O) groups excluding carboxylic acids is 1. The SMILES string of the molecule is CC(C)[C@H](N)C(=O)O.O=C[C@H](O)[C@H](O)[C@H](O)CO. The number of aliphatic hydroxyl groups is 4. The van der Waals surface area contributed by atoms with Gasteiger partial charge < -0.3 is 36.1 Å². The molecule has 0 aromatic rings. The summed E-state index contributed by atoms with van der Waals surface area (Å²) in [6, 6.07) is -0.713. The number of hydrogen-bond donors (Lipinski definition) is 6. The van der Waals surface area contributed by atoms with Crippen molar-refractivity contribution < 1.29 is 35.1 Å². The molecule has 0 amide bonds. The molecule has 0 fully saturated rings. The topological polar surface area (TPSA) is 161 Å². The van der Waals surface area contributed by atoms with E-state index in [1.165, 1.54) is 0 Å². The van der Waals surface area contributed by atoms with Gasteiger partial charge in [0.1, 0.15) is 24.4 Å². The molecule has 8 nitrogen and oxygen atoms in total. The summed E-state index contributed by atoms with van der Waals surface area (Å²) in [5, 5.41) is 42.3. The van der Waals surface area contributed by atoms with Gasteiger partial charge in [-0.1, -0.05) is 13.8 Å². The second kappa shape index (κ2) is 9.92. The predicted molar refractivity (Wildman–Crippen MR) is 61.6 cm³/mol. The molecule has 0 aliphatic heterocycles. The van der Waals surface area contributed by atoms with Crippen molar-refractivity contribution in [2.75, 3.05) is 6.61 Å². The molecule has 0 unspecified atom stereocenters. The van der Waals surface area contributed by atoms with Gasteiger partial charge in [0.2, 0.25) is 0 Å². The third kappa shape index (κ3) is 8.09. The van der Waals surface area contributed by atoms with Crippen LogP contribution in [0.15, 0.2) is 0 Å². The van der Waals surface area contributed by atoms with E-state index < -0.39 is 36.9 Å². The van der Waals surface area contributed by atoms with Crippen molar-refractivity contribution >= 4 is 12.3 Å². The van der Waals surface area contributed by atoms with Crippen molar-refractivity contribution in [3.63, 3.8) is 0 Å². The Morgan fingerprint density at radius 1 is 1.28 bits per heavy atom. The number of aliphatic carboxylic acids is 1. The minimum absolute atomic E-state index is 0.0208. The highest BCUT2D eigenvalue weighted by Gasteiger charge is 2.22. The van der Waals surface area contributed by atoms with Crippen LogP contribution in [0.4, 0.5) is 0 Å². The predicted octanol–water partition coefficient (Wildman–Crippen LogP) is -2.69. The van der Waals surface area contributed by atoms with Crippen molar-refractivity contribution in [1.29, 1.82) is 0 Å². The minimum atomic E-state index is -1.64. The fourth-order valence-electron chi connectivity index (χ4n) is 0.701. The molecular formula is C10H21NO7. The molecule has 0 radical (unpaired) electrons. The Hall–Kier alpha value is -1.06. The van der Waals surface area contributed by atoms with Gasteiger partial charge in [0, 0.05) is 0 Å². The first-order valence-corrected chi connectivity index (χ1v) is 5.27. The lowest BCUT2D eigenvalue weighted by Gasteiger charge is -2.16. The van der Waals surface area contributed by atoms with Gasteiger partial charge in [-0.25, -0.2) is 0 Å². The number of hydrogen-bond acceptors (Lipinski definition) is 7. The van der Waals surface area contributed by atoms with Crippen molar-refractivity contribution in [2.45, 2.75) is 38.2 Å². The van der Waals surface area contributed by atoms with E-state index in [2.05, 4.69) is 0 Å². The minimum Gasteiger partial charge on any atom is -0.480 e. The van der Waals surface area contributed by atoms with Crippen molar-refractivity contribution in [2.24, 2.45) is 11.7 Å². The molecule has 0 aromatic heterocycles. The molecular weight excluding hydrogens is 246 g/mol. The quantitative estimate of drug-likeness (QED) is 0.283. The summed E-state index contributed by atoms with van der Waals surface area (Å²) in [7, 11) is 0. The molecule has 7 N–H and O–H groups in total. The van der Waals surface area contributed by atoms with Gasteiger partial charge in [-0.3, -0.25) is 4.79 Å². The average molecular weight is 267 g/mol. The van der Waals surface area contributed by atoms with Crippen LogP contribution in [0, 0.1) is 5.92 Å². The third-order valence-corrected chi connectivity index (χ3v) is 2.07. The third-order valence-electron chi connectivity index (χ3n) is 2.07. The highest BCUT2D eigenvalue weighted by atomic mass is 16.4. The molecule has 0 spiro atoms. The summed E-state index contributed by atoms with van der Waals surface area (Å²) in [5.74, 6) is -0.910. The molecule has 18 heavy (non-hydrogen) atoms. The Morgan fingerprint density at radius 2 is 1.72 bits per heavy atom. The van der Waals surface area contributed by atoms with Gasteiger partial charge in [0.15, 0.2) is 6.29 Å². The first-order chi connectivity index (χ1) is 8.18. The summed E-state index contributed by atoms with van der Waals surface area (Å²) in [6.07, 6.45) is -4.63.